The van der Waals surface area contributed by atoms with Gasteiger partial charge in [-0.15, -0.1) is 11.3 Å². The van der Waals surface area contributed by atoms with E-state index in [2.05, 4.69) is 20.0 Å². The first kappa shape index (κ1) is 14.3. The fraction of sp³-hybridized carbons (Fsp3) is 0.643. The lowest BCUT2D eigenvalue weighted by Gasteiger charge is -2.16. The molecule has 2 aromatic heterocycles. The van der Waals surface area contributed by atoms with Crippen molar-refractivity contribution in [3.05, 3.63) is 17.0 Å². The van der Waals surface area contributed by atoms with Gasteiger partial charge < -0.3 is 15.2 Å². The van der Waals surface area contributed by atoms with Crippen LogP contribution in [0.1, 0.15) is 43.7 Å². The Kier molecular flexibility index (Phi) is 4.69. The standard InChI is InChI=1S/C14H21N5OS/c15-13-16-11(10-21-13)6-5-7-12-17-14(18-20-12)19-8-3-1-2-4-9-19/h10H,1-9H2,(H2,15,16). The third-order valence-corrected chi connectivity index (χ3v) is 4.46. The van der Waals surface area contributed by atoms with E-state index in [1.807, 2.05) is 5.38 Å². The normalized spacial score (nSPS) is 16.1. The van der Waals surface area contributed by atoms with Crippen molar-refractivity contribution < 1.29 is 4.52 Å². The molecular weight excluding hydrogens is 286 g/mol. The maximum atomic E-state index is 5.62. The minimum absolute atomic E-state index is 0.631. The molecule has 0 bridgehead atoms. The number of nitrogens with two attached hydrogens (primary N) is 1. The van der Waals surface area contributed by atoms with Crippen molar-refractivity contribution in [3.8, 4) is 0 Å². The summed E-state index contributed by atoms with van der Waals surface area (Å²) in [5, 5.41) is 6.75. The summed E-state index contributed by atoms with van der Waals surface area (Å²) in [6, 6.07) is 0. The maximum Gasteiger partial charge on any atom is 0.266 e. The first-order valence-electron chi connectivity index (χ1n) is 7.59. The SMILES string of the molecule is Nc1nc(CCCc2nc(N3CCCCCC3)no2)cs1. The summed E-state index contributed by atoms with van der Waals surface area (Å²) in [6.45, 7) is 2.08. The fourth-order valence-corrected chi connectivity index (χ4v) is 3.20. The van der Waals surface area contributed by atoms with E-state index in [4.69, 9.17) is 10.3 Å². The first-order valence-corrected chi connectivity index (χ1v) is 8.46. The minimum Gasteiger partial charge on any atom is -0.375 e. The van der Waals surface area contributed by atoms with E-state index in [-0.39, 0.29) is 0 Å². The predicted molar refractivity (Wildman–Crippen MR) is 83.5 cm³/mol. The zero-order chi connectivity index (χ0) is 14.5. The summed E-state index contributed by atoms with van der Waals surface area (Å²) in [5.74, 6) is 1.47. The molecule has 114 valence electrons. The Balaban J connectivity index is 1.50. The molecule has 0 spiro atoms. The highest BCUT2D eigenvalue weighted by Gasteiger charge is 2.15. The highest BCUT2D eigenvalue weighted by molar-refractivity contribution is 7.13. The van der Waals surface area contributed by atoms with E-state index in [0.717, 1.165) is 49.9 Å². The van der Waals surface area contributed by atoms with E-state index in [1.54, 1.807) is 0 Å². The van der Waals surface area contributed by atoms with E-state index >= 15 is 0 Å². The Morgan fingerprint density at radius 1 is 1.14 bits per heavy atom. The Hall–Kier alpha value is -1.63. The van der Waals surface area contributed by atoms with Crippen molar-refractivity contribution in [1.82, 2.24) is 15.1 Å². The molecule has 0 radical (unpaired) electrons. The van der Waals surface area contributed by atoms with Gasteiger partial charge in [0.05, 0.1) is 5.69 Å². The quantitative estimate of drug-likeness (QED) is 0.914. The minimum atomic E-state index is 0.631. The van der Waals surface area contributed by atoms with E-state index < -0.39 is 0 Å². The third-order valence-electron chi connectivity index (χ3n) is 3.74. The topological polar surface area (TPSA) is 81.1 Å². The summed E-state index contributed by atoms with van der Waals surface area (Å²) in [4.78, 5) is 11.0. The second-order valence-electron chi connectivity index (χ2n) is 5.42. The third kappa shape index (κ3) is 3.93. The lowest BCUT2D eigenvalue weighted by Crippen LogP contribution is -2.24. The molecule has 7 heteroatoms. The van der Waals surface area contributed by atoms with Crippen LogP contribution in [0.3, 0.4) is 0 Å². The Bertz CT molecular complexity index is 559. The van der Waals surface area contributed by atoms with Gasteiger partial charge in [0.2, 0.25) is 5.89 Å². The molecule has 0 aliphatic carbocycles. The monoisotopic (exact) mass is 307 g/mol. The Morgan fingerprint density at radius 3 is 2.67 bits per heavy atom. The number of nitrogen functional groups attached to an aromatic ring is 1. The van der Waals surface area contributed by atoms with Crippen LogP contribution in [-0.2, 0) is 12.8 Å². The van der Waals surface area contributed by atoms with Crippen LogP contribution in [-0.4, -0.2) is 28.2 Å². The molecular formula is C14H21N5OS. The number of hydrogen-bond acceptors (Lipinski definition) is 7. The molecule has 0 amide bonds. The number of hydrogen-bond donors (Lipinski definition) is 1. The van der Waals surface area contributed by atoms with Crippen molar-refractivity contribution in [3.63, 3.8) is 0 Å². The summed E-state index contributed by atoms with van der Waals surface area (Å²) in [7, 11) is 0. The molecule has 1 saturated heterocycles. The van der Waals surface area contributed by atoms with Gasteiger partial charge in [0, 0.05) is 24.9 Å². The molecule has 2 N–H and O–H groups in total. The van der Waals surface area contributed by atoms with Crippen molar-refractivity contribution in [2.24, 2.45) is 0 Å². The van der Waals surface area contributed by atoms with Crippen LogP contribution in [0.25, 0.3) is 0 Å². The van der Waals surface area contributed by atoms with Crippen molar-refractivity contribution in [2.45, 2.75) is 44.9 Å². The summed E-state index contributed by atoms with van der Waals surface area (Å²) < 4.78 is 5.36. The zero-order valence-electron chi connectivity index (χ0n) is 12.1. The molecule has 21 heavy (non-hydrogen) atoms. The molecule has 0 aromatic carbocycles. The van der Waals surface area contributed by atoms with Gasteiger partial charge in [-0.3, -0.25) is 0 Å². The molecule has 6 nitrogen and oxygen atoms in total. The van der Waals surface area contributed by atoms with Gasteiger partial charge in [-0.1, -0.05) is 12.8 Å². The number of thiazole rings is 1. The number of aryl methyl sites for hydroxylation is 2. The molecule has 2 aromatic rings. The van der Waals surface area contributed by atoms with Crippen molar-refractivity contribution in [1.29, 1.82) is 0 Å². The van der Waals surface area contributed by atoms with Crippen LogP contribution >= 0.6 is 11.3 Å². The van der Waals surface area contributed by atoms with Crippen LogP contribution < -0.4 is 10.6 Å². The van der Waals surface area contributed by atoms with Crippen LogP contribution in [0, 0.1) is 0 Å². The van der Waals surface area contributed by atoms with E-state index in [9.17, 15) is 0 Å². The van der Waals surface area contributed by atoms with Gasteiger partial charge in [-0.05, 0) is 30.8 Å². The van der Waals surface area contributed by atoms with Gasteiger partial charge in [-0.2, -0.15) is 4.98 Å². The van der Waals surface area contributed by atoms with Crippen LogP contribution in [0.2, 0.25) is 0 Å². The molecule has 0 saturated carbocycles. The van der Waals surface area contributed by atoms with Crippen molar-refractivity contribution in [2.75, 3.05) is 23.7 Å². The second-order valence-corrected chi connectivity index (χ2v) is 6.31. The lowest BCUT2D eigenvalue weighted by molar-refractivity contribution is 0.374. The highest BCUT2D eigenvalue weighted by atomic mass is 32.1. The molecule has 1 aliphatic rings. The summed E-state index contributed by atoms with van der Waals surface area (Å²) >= 11 is 1.48. The molecule has 1 aliphatic heterocycles. The smallest absolute Gasteiger partial charge is 0.266 e. The maximum absolute atomic E-state index is 5.62. The lowest BCUT2D eigenvalue weighted by atomic mass is 10.2. The van der Waals surface area contributed by atoms with Gasteiger partial charge in [-0.25, -0.2) is 4.98 Å². The van der Waals surface area contributed by atoms with Gasteiger partial charge >= 0.3 is 0 Å². The van der Waals surface area contributed by atoms with Crippen LogP contribution in [0.5, 0.6) is 0 Å². The van der Waals surface area contributed by atoms with Gasteiger partial charge in [0.1, 0.15) is 0 Å². The van der Waals surface area contributed by atoms with E-state index in [1.165, 1.54) is 37.0 Å². The van der Waals surface area contributed by atoms with Crippen molar-refractivity contribution >= 4 is 22.4 Å². The Morgan fingerprint density at radius 2 is 1.95 bits per heavy atom. The average Bonchev–Trinajstić information content (AvgIpc) is 3.01. The number of anilines is 2. The molecule has 1 fully saturated rings. The molecule has 0 atom stereocenters. The van der Waals surface area contributed by atoms with Gasteiger partial charge in [0.15, 0.2) is 5.13 Å². The number of nitrogens with zero attached hydrogens (tertiary/aromatic N) is 4. The number of rotatable bonds is 5. The zero-order valence-corrected chi connectivity index (χ0v) is 12.9. The average molecular weight is 307 g/mol. The highest BCUT2D eigenvalue weighted by Crippen LogP contribution is 2.17. The van der Waals surface area contributed by atoms with E-state index in [0.29, 0.717) is 5.13 Å². The summed E-state index contributed by atoms with van der Waals surface area (Å²) in [6.07, 6.45) is 7.68. The molecule has 3 rings (SSSR count). The molecule has 3 heterocycles. The summed E-state index contributed by atoms with van der Waals surface area (Å²) in [5.41, 5.74) is 6.67. The Labute approximate surface area is 128 Å². The fourth-order valence-electron chi connectivity index (χ4n) is 2.60. The largest absolute Gasteiger partial charge is 0.375 e. The molecule has 0 unspecified atom stereocenters. The van der Waals surface area contributed by atoms with Gasteiger partial charge in [0.25, 0.3) is 5.95 Å². The predicted octanol–water partition coefficient (Wildman–Crippen LogP) is 2.66. The van der Waals surface area contributed by atoms with Crippen LogP contribution in [0.15, 0.2) is 9.90 Å². The number of aromatic nitrogens is 3. The first-order chi connectivity index (χ1) is 10.3. The second kappa shape index (κ2) is 6.89. The van der Waals surface area contributed by atoms with Crippen LogP contribution in [0.4, 0.5) is 11.1 Å².